The van der Waals surface area contributed by atoms with Crippen molar-refractivity contribution in [2.24, 2.45) is 11.7 Å². The Balaban J connectivity index is 1.80. The molecule has 3 N–H and O–H groups in total. The van der Waals surface area contributed by atoms with Gasteiger partial charge in [0.25, 0.3) is 5.91 Å². The number of carbonyl (C=O) groups excluding carboxylic acids is 3. The third-order valence-electron chi connectivity index (χ3n) is 4.25. The molecular formula is C18H14BrF2N3O3. The summed E-state index contributed by atoms with van der Waals surface area (Å²) in [6.07, 6.45) is 0.234. The van der Waals surface area contributed by atoms with Gasteiger partial charge in [-0.25, -0.2) is 8.78 Å². The van der Waals surface area contributed by atoms with Crippen LogP contribution in [0.5, 0.6) is 0 Å². The average Bonchev–Trinajstić information content (AvgIpc) is 2.99. The molecule has 2 aromatic carbocycles. The Morgan fingerprint density at radius 2 is 1.89 bits per heavy atom. The fourth-order valence-corrected chi connectivity index (χ4v) is 3.39. The largest absolute Gasteiger partial charge is 0.366 e. The molecule has 2 aromatic rings. The lowest BCUT2D eigenvalue weighted by molar-refractivity contribution is -0.129. The fourth-order valence-electron chi connectivity index (χ4n) is 2.89. The van der Waals surface area contributed by atoms with Crippen LogP contribution in [0.3, 0.4) is 0 Å². The Morgan fingerprint density at radius 3 is 2.56 bits per heavy atom. The standard InChI is InChI=1S/C18H14BrF2N3O3/c19-11-3-1-2-4-15(11)24-6-5-9(18(24)27)17(26)23-14-7-10(16(22)25)12(20)8-13(14)21/h1-4,7-9H,5-6H2,(H2,22,25)(H,23,26). The molecule has 1 atom stereocenters. The Bertz CT molecular complexity index is 951. The smallest absolute Gasteiger partial charge is 0.251 e. The van der Waals surface area contributed by atoms with E-state index in [1.807, 2.05) is 0 Å². The van der Waals surface area contributed by atoms with Gasteiger partial charge in [-0.1, -0.05) is 12.1 Å². The van der Waals surface area contributed by atoms with Gasteiger partial charge in [-0.2, -0.15) is 0 Å². The van der Waals surface area contributed by atoms with E-state index in [1.165, 1.54) is 4.90 Å². The van der Waals surface area contributed by atoms with E-state index >= 15 is 0 Å². The van der Waals surface area contributed by atoms with Crippen molar-refractivity contribution in [1.82, 2.24) is 0 Å². The van der Waals surface area contributed by atoms with Crippen molar-refractivity contribution in [2.75, 3.05) is 16.8 Å². The number of anilines is 2. The van der Waals surface area contributed by atoms with Crippen molar-refractivity contribution in [3.8, 4) is 0 Å². The summed E-state index contributed by atoms with van der Waals surface area (Å²) >= 11 is 3.36. The van der Waals surface area contributed by atoms with Gasteiger partial charge in [0, 0.05) is 17.1 Å². The molecule has 1 saturated heterocycles. The van der Waals surface area contributed by atoms with Crippen LogP contribution in [-0.2, 0) is 9.59 Å². The summed E-state index contributed by atoms with van der Waals surface area (Å²) in [4.78, 5) is 37.7. The van der Waals surface area contributed by atoms with E-state index < -0.39 is 46.5 Å². The number of halogens is 3. The maximum Gasteiger partial charge on any atom is 0.251 e. The number of amides is 3. The monoisotopic (exact) mass is 437 g/mol. The van der Waals surface area contributed by atoms with Crippen LogP contribution in [0.15, 0.2) is 40.9 Å². The summed E-state index contributed by atoms with van der Waals surface area (Å²) in [6.45, 7) is 0.317. The lowest BCUT2D eigenvalue weighted by Crippen LogP contribution is -2.33. The number of hydrogen-bond donors (Lipinski definition) is 2. The molecule has 27 heavy (non-hydrogen) atoms. The molecule has 140 valence electrons. The van der Waals surface area contributed by atoms with Crippen LogP contribution in [0.4, 0.5) is 20.2 Å². The highest BCUT2D eigenvalue weighted by Crippen LogP contribution is 2.32. The van der Waals surface area contributed by atoms with Crippen LogP contribution < -0.4 is 16.0 Å². The second-order valence-electron chi connectivity index (χ2n) is 5.95. The van der Waals surface area contributed by atoms with E-state index in [0.29, 0.717) is 22.8 Å². The normalized spacial score (nSPS) is 16.5. The van der Waals surface area contributed by atoms with Crippen LogP contribution in [0.1, 0.15) is 16.8 Å². The van der Waals surface area contributed by atoms with Crippen molar-refractivity contribution in [3.05, 3.63) is 58.1 Å². The molecule has 1 heterocycles. The topological polar surface area (TPSA) is 92.5 Å². The molecule has 6 nitrogen and oxygen atoms in total. The molecule has 1 unspecified atom stereocenters. The Hall–Kier alpha value is -2.81. The average molecular weight is 438 g/mol. The lowest BCUT2D eigenvalue weighted by Gasteiger charge is -2.18. The van der Waals surface area contributed by atoms with Crippen molar-refractivity contribution >= 4 is 45.0 Å². The summed E-state index contributed by atoms with van der Waals surface area (Å²) in [5.41, 5.74) is 4.68. The first kappa shape index (κ1) is 19.0. The zero-order valence-electron chi connectivity index (χ0n) is 13.8. The number of primary amides is 1. The number of carbonyl (C=O) groups is 3. The van der Waals surface area contributed by atoms with E-state index in [9.17, 15) is 23.2 Å². The molecule has 9 heteroatoms. The van der Waals surface area contributed by atoms with Crippen LogP contribution in [0.25, 0.3) is 0 Å². The van der Waals surface area contributed by atoms with Gasteiger partial charge in [-0.05, 0) is 40.5 Å². The molecule has 0 spiro atoms. The molecule has 1 fully saturated rings. The number of hydrogen-bond acceptors (Lipinski definition) is 3. The quantitative estimate of drug-likeness (QED) is 0.720. The van der Waals surface area contributed by atoms with E-state index in [4.69, 9.17) is 5.73 Å². The summed E-state index contributed by atoms with van der Waals surface area (Å²) in [5, 5.41) is 2.24. The number of para-hydroxylation sites is 1. The highest BCUT2D eigenvalue weighted by atomic mass is 79.9. The maximum atomic E-state index is 13.9. The van der Waals surface area contributed by atoms with E-state index in [-0.39, 0.29) is 6.42 Å². The molecule has 0 aromatic heterocycles. The van der Waals surface area contributed by atoms with E-state index in [1.54, 1.807) is 24.3 Å². The van der Waals surface area contributed by atoms with Gasteiger partial charge in [-0.15, -0.1) is 0 Å². The fraction of sp³-hybridized carbons (Fsp3) is 0.167. The highest BCUT2D eigenvalue weighted by molar-refractivity contribution is 9.10. The highest BCUT2D eigenvalue weighted by Gasteiger charge is 2.38. The number of nitrogens with two attached hydrogens (primary N) is 1. The Morgan fingerprint density at radius 1 is 1.19 bits per heavy atom. The first-order valence-electron chi connectivity index (χ1n) is 7.95. The molecule has 0 saturated carbocycles. The summed E-state index contributed by atoms with van der Waals surface area (Å²) in [7, 11) is 0. The maximum absolute atomic E-state index is 13.9. The Kier molecular flexibility index (Phi) is 5.22. The zero-order valence-corrected chi connectivity index (χ0v) is 15.4. The van der Waals surface area contributed by atoms with Crippen LogP contribution in [-0.4, -0.2) is 24.3 Å². The second kappa shape index (κ2) is 7.43. The predicted octanol–water partition coefficient (Wildman–Crippen LogP) is 2.82. The molecule has 1 aliphatic heterocycles. The van der Waals surface area contributed by atoms with Crippen molar-refractivity contribution in [1.29, 1.82) is 0 Å². The van der Waals surface area contributed by atoms with Gasteiger partial charge in [-0.3, -0.25) is 14.4 Å². The molecule has 3 amide bonds. The third-order valence-corrected chi connectivity index (χ3v) is 4.92. The summed E-state index contributed by atoms with van der Waals surface area (Å²) in [6, 6.07) is 8.34. The minimum Gasteiger partial charge on any atom is -0.366 e. The van der Waals surface area contributed by atoms with Gasteiger partial charge in [0.05, 0.1) is 16.9 Å². The molecular weight excluding hydrogens is 424 g/mol. The molecule has 0 bridgehead atoms. The molecule has 1 aliphatic rings. The lowest BCUT2D eigenvalue weighted by atomic mass is 10.1. The minimum atomic E-state index is -1.13. The van der Waals surface area contributed by atoms with E-state index in [0.717, 1.165) is 6.07 Å². The van der Waals surface area contributed by atoms with Gasteiger partial charge < -0.3 is 16.0 Å². The number of nitrogens with zero attached hydrogens (tertiary/aromatic N) is 1. The van der Waals surface area contributed by atoms with Crippen LogP contribution >= 0.6 is 15.9 Å². The van der Waals surface area contributed by atoms with Gasteiger partial charge in [0.2, 0.25) is 11.8 Å². The summed E-state index contributed by atoms with van der Waals surface area (Å²) in [5.74, 6) is -5.50. The second-order valence-corrected chi connectivity index (χ2v) is 6.80. The van der Waals surface area contributed by atoms with Crippen LogP contribution in [0, 0.1) is 17.6 Å². The summed E-state index contributed by atoms with van der Waals surface area (Å²) < 4.78 is 28.2. The first-order chi connectivity index (χ1) is 12.8. The van der Waals surface area contributed by atoms with Crippen molar-refractivity contribution in [3.63, 3.8) is 0 Å². The molecule has 3 rings (SSSR count). The third kappa shape index (κ3) is 3.68. The van der Waals surface area contributed by atoms with Crippen molar-refractivity contribution < 1.29 is 23.2 Å². The number of nitrogens with one attached hydrogen (secondary N) is 1. The zero-order chi connectivity index (χ0) is 19.7. The first-order valence-corrected chi connectivity index (χ1v) is 8.74. The molecule has 0 radical (unpaired) electrons. The SMILES string of the molecule is NC(=O)c1cc(NC(=O)C2CCN(c3ccccc3Br)C2=O)c(F)cc1F. The van der Waals surface area contributed by atoms with Crippen molar-refractivity contribution in [2.45, 2.75) is 6.42 Å². The predicted molar refractivity (Wildman–Crippen MR) is 98.1 cm³/mol. The van der Waals surface area contributed by atoms with Gasteiger partial charge in [0.1, 0.15) is 17.6 Å². The molecule has 0 aliphatic carbocycles. The Labute approximate surface area is 161 Å². The van der Waals surface area contributed by atoms with Crippen LogP contribution in [0.2, 0.25) is 0 Å². The minimum absolute atomic E-state index is 0.234. The number of benzene rings is 2. The van der Waals surface area contributed by atoms with Gasteiger partial charge >= 0.3 is 0 Å². The number of rotatable bonds is 4. The van der Waals surface area contributed by atoms with E-state index in [2.05, 4.69) is 21.2 Å². The van der Waals surface area contributed by atoms with Gasteiger partial charge in [0.15, 0.2) is 0 Å².